The second-order valence-electron chi connectivity index (χ2n) is 8.12. The smallest absolute Gasteiger partial charge is 0.311 e. The predicted octanol–water partition coefficient (Wildman–Crippen LogP) is 7.09. The van der Waals surface area contributed by atoms with Gasteiger partial charge in [0.15, 0.2) is 0 Å². The van der Waals surface area contributed by atoms with E-state index in [2.05, 4.69) is 37.9 Å². The SMILES string of the molecule is CC(C)=O.CC1(C)[C@H](C(=O)O[C@H](C#N)c2cccc(Oc3ccccc3)c2)[C@@H]1C=C(Br)Br. The van der Waals surface area contributed by atoms with Gasteiger partial charge in [-0.25, -0.2) is 0 Å². The maximum atomic E-state index is 12.7. The summed E-state index contributed by atoms with van der Waals surface area (Å²) in [5.74, 6) is 0.849. The summed E-state index contributed by atoms with van der Waals surface area (Å²) in [5, 5.41) is 9.56. The number of halogens is 2. The van der Waals surface area contributed by atoms with E-state index in [0.717, 1.165) is 3.39 Å². The van der Waals surface area contributed by atoms with Crippen molar-refractivity contribution in [2.24, 2.45) is 17.3 Å². The molecule has 2 aromatic carbocycles. The van der Waals surface area contributed by atoms with E-state index in [-0.39, 0.29) is 29.0 Å². The number of hydrogen-bond donors (Lipinski definition) is 0. The van der Waals surface area contributed by atoms with E-state index < -0.39 is 6.10 Å². The molecule has 5 nitrogen and oxygen atoms in total. The highest BCUT2D eigenvalue weighted by Gasteiger charge is 2.61. The van der Waals surface area contributed by atoms with E-state index in [9.17, 15) is 14.9 Å². The van der Waals surface area contributed by atoms with Gasteiger partial charge in [0.2, 0.25) is 6.10 Å². The third-order valence-corrected chi connectivity index (χ3v) is 5.49. The lowest BCUT2D eigenvalue weighted by Gasteiger charge is -2.13. The van der Waals surface area contributed by atoms with E-state index >= 15 is 0 Å². The lowest BCUT2D eigenvalue weighted by Crippen LogP contribution is -2.14. The van der Waals surface area contributed by atoms with Crippen LogP contribution in [-0.2, 0) is 14.3 Å². The molecule has 0 saturated heterocycles. The zero-order chi connectivity index (χ0) is 23.9. The Morgan fingerprint density at radius 1 is 1.06 bits per heavy atom. The molecule has 0 bridgehead atoms. The van der Waals surface area contributed by atoms with E-state index in [1.54, 1.807) is 24.3 Å². The normalized spacial score (nSPS) is 18.7. The Morgan fingerprint density at radius 3 is 2.22 bits per heavy atom. The molecule has 0 amide bonds. The molecule has 0 heterocycles. The average Bonchev–Trinajstić information content (AvgIpc) is 3.25. The van der Waals surface area contributed by atoms with Crippen LogP contribution in [0.3, 0.4) is 0 Å². The molecule has 0 unspecified atom stereocenters. The van der Waals surface area contributed by atoms with Crippen LogP contribution in [0.5, 0.6) is 11.5 Å². The summed E-state index contributed by atoms with van der Waals surface area (Å²) < 4.78 is 12.2. The first kappa shape index (κ1) is 25.8. The van der Waals surface area contributed by atoms with Gasteiger partial charge in [-0.1, -0.05) is 50.3 Å². The van der Waals surface area contributed by atoms with Crippen molar-refractivity contribution < 1.29 is 19.1 Å². The minimum Gasteiger partial charge on any atom is -0.457 e. The van der Waals surface area contributed by atoms with Crippen molar-refractivity contribution in [2.75, 3.05) is 0 Å². The van der Waals surface area contributed by atoms with Gasteiger partial charge in [-0.05, 0) is 81.3 Å². The van der Waals surface area contributed by atoms with Gasteiger partial charge >= 0.3 is 5.97 Å². The minimum atomic E-state index is -0.986. The van der Waals surface area contributed by atoms with Gasteiger partial charge in [-0.3, -0.25) is 4.79 Å². The molecular weight excluding hydrogens is 538 g/mol. The zero-order valence-corrected chi connectivity index (χ0v) is 21.5. The molecule has 1 saturated carbocycles. The maximum Gasteiger partial charge on any atom is 0.311 e. The second kappa shape index (κ2) is 11.4. The van der Waals surface area contributed by atoms with Crippen molar-refractivity contribution in [3.63, 3.8) is 0 Å². The van der Waals surface area contributed by atoms with E-state index in [1.165, 1.54) is 13.8 Å². The van der Waals surface area contributed by atoms with Gasteiger partial charge in [0.1, 0.15) is 23.4 Å². The van der Waals surface area contributed by atoms with E-state index in [1.807, 2.05) is 50.3 Å². The lowest BCUT2D eigenvalue weighted by molar-refractivity contribution is -0.149. The van der Waals surface area contributed by atoms with Gasteiger partial charge in [0.05, 0.1) is 9.31 Å². The Hall–Kier alpha value is -2.43. The highest BCUT2D eigenvalue weighted by Crippen LogP contribution is 2.60. The first-order chi connectivity index (χ1) is 15.1. The highest BCUT2D eigenvalue weighted by molar-refractivity contribution is 9.28. The number of ether oxygens (including phenoxy) is 2. The number of ketones is 1. The number of carbonyl (C=O) groups excluding carboxylic acids is 2. The summed E-state index contributed by atoms with van der Waals surface area (Å²) in [6, 6.07) is 18.5. The summed E-state index contributed by atoms with van der Waals surface area (Å²) >= 11 is 6.68. The van der Waals surface area contributed by atoms with Crippen LogP contribution >= 0.6 is 31.9 Å². The van der Waals surface area contributed by atoms with Crippen LogP contribution < -0.4 is 4.74 Å². The average molecular weight is 563 g/mol. The van der Waals surface area contributed by atoms with Gasteiger partial charge in [0.25, 0.3) is 0 Å². The molecule has 1 fully saturated rings. The largest absolute Gasteiger partial charge is 0.457 e. The molecule has 0 aliphatic heterocycles. The quantitative estimate of drug-likeness (QED) is 0.351. The van der Waals surface area contributed by atoms with Crippen molar-refractivity contribution in [1.29, 1.82) is 5.26 Å². The number of nitrogens with zero attached hydrogens (tertiary/aromatic N) is 1. The Labute approximate surface area is 205 Å². The minimum absolute atomic E-state index is 0.0563. The fraction of sp³-hybridized carbons (Fsp3) is 0.320. The predicted molar refractivity (Wildman–Crippen MR) is 130 cm³/mol. The van der Waals surface area contributed by atoms with Crippen LogP contribution in [0.1, 0.15) is 39.4 Å². The first-order valence-electron chi connectivity index (χ1n) is 9.99. The van der Waals surface area contributed by atoms with Crippen LogP contribution in [0.4, 0.5) is 0 Å². The summed E-state index contributed by atoms with van der Waals surface area (Å²) in [4.78, 5) is 22.1. The van der Waals surface area contributed by atoms with Crippen molar-refractivity contribution in [3.05, 3.63) is 69.6 Å². The Bertz CT molecular complexity index is 1020. The highest BCUT2D eigenvalue weighted by atomic mass is 79.9. The third-order valence-electron chi connectivity index (χ3n) is 4.96. The Morgan fingerprint density at radius 2 is 1.66 bits per heavy atom. The van der Waals surface area contributed by atoms with E-state index in [4.69, 9.17) is 9.47 Å². The van der Waals surface area contributed by atoms with Crippen molar-refractivity contribution >= 4 is 43.6 Å². The van der Waals surface area contributed by atoms with Crippen LogP contribution in [-0.4, -0.2) is 11.8 Å². The molecule has 2 aromatic rings. The summed E-state index contributed by atoms with van der Waals surface area (Å²) in [6.07, 6.45) is 0.960. The Kier molecular flexibility index (Phi) is 9.23. The monoisotopic (exact) mass is 561 g/mol. The fourth-order valence-electron chi connectivity index (χ4n) is 3.30. The number of para-hydroxylation sites is 1. The van der Waals surface area contributed by atoms with Crippen molar-refractivity contribution in [2.45, 2.75) is 33.8 Å². The third kappa shape index (κ3) is 7.32. The molecule has 32 heavy (non-hydrogen) atoms. The molecule has 0 N–H and O–H groups in total. The van der Waals surface area contributed by atoms with Gasteiger partial charge in [-0.2, -0.15) is 5.26 Å². The molecule has 3 atom stereocenters. The number of benzene rings is 2. The number of rotatable bonds is 6. The maximum absolute atomic E-state index is 12.7. The molecule has 168 valence electrons. The molecule has 3 rings (SSSR count). The molecule has 0 radical (unpaired) electrons. The number of esters is 1. The van der Waals surface area contributed by atoms with Crippen LogP contribution in [0, 0.1) is 28.6 Å². The Balaban J connectivity index is 0.000000837. The number of nitriles is 1. The van der Waals surface area contributed by atoms with Gasteiger partial charge < -0.3 is 14.3 Å². The molecule has 0 spiro atoms. The summed E-state index contributed by atoms with van der Waals surface area (Å²) in [5.41, 5.74) is 0.374. The topological polar surface area (TPSA) is 76.4 Å². The molecule has 1 aliphatic carbocycles. The van der Waals surface area contributed by atoms with Crippen LogP contribution in [0.2, 0.25) is 0 Å². The van der Waals surface area contributed by atoms with Crippen LogP contribution in [0.25, 0.3) is 0 Å². The fourth-order valence-corrected chi connectivity index (χ4v) is 3.87. The summed E-state index contributed by atoms with van der Waals surface area (Å²) in [6.45, 7) is 7.08. The first-order valence-corrected chi connectivity index (χ1v) is 11.6. The lowest BCUT2D eigenvalue weighted by atomic mass is 10.1. The number of carbonyl (C=O) groups is 2. The molecule has 0 aromatic heterocycles. The van der Waals surface area contributed by atoms with Crippen molar-refractivity contribution in [3.8, 4) is 17.6 Å². The van der Waals surface area contributed by atoms with Gasteiger partial charge in [0, 0.05) is 5.56 Å². The number of hydrogen-bond acceptors (Lipinski definition) is 5. The molecule has 7 heteroatoms. The van der Waals surface area contributed by atoms with Gasteiger partial charge in [-0.15, -0.1) is 0 Å². The molecular formula is C25H25Br2NO4. The second-order valence-corrected chi connectivity index (χ2v) is 10.9. The molecule has 1 aliphatic rings. The number of allylic oxidation sites excluding steroid dienone is 1. The zero-order valence-electron chi connectivity index (χ0n) is 18.3. The van der Waals surface area contributed by atoms with Crippen LogP contribution in [0.15, 0.2) is 64.1 Å². The standard InChI is InChI=1S/C22H19Br2NO3.C3H6O/c1-22(2)17(12-19(23)24)20(22)21(26)28-18(13-25)14-7-6-10-16(11-14)27-15-8-4-3-5-9-15;1-3(2)4/h3-12,17-18,20H,1-2H3;1-2H3/t17-,18+,20-;/m0./s1. The number of Topliss-reactive ketones (excluding diaryl/α,β-unsaturated/α-hetero) is 1. The van der Waals surface area contributed by atoms with Crippen molar-refractivity contribution in [1.82, 2.24) is 0 Å². The summed E-state index contributed by atoms with van der Waals surface area (Å²) in [7, 11) is 0. The van der Waals surface area contributed by atoms with E-state index in [0.29, 0.717) is 17.1 Å².